The summed E-state index contributed by atoms with van der Waals surface area (Å²) in [4.78, 5) is 12.3. The number of carbonyl (C=O) groups is 1. The fourth-order valence-electron chi connectivity index (χ4n) is 3.53. The highest BCUT2D eigenvalue weighted by Crippen LogP contribution is 2.27. The zero-order valence-electron chi connectivity index (χ0n) is 11.5. The monoisotopic (exact) mass is 252 g/mol. The molecule has 2 rings (SSSR count). The Morgan fingerprint density at radius 3 is 2.28 bits per heavy atom. The van der Waals surface area contributed by atoms with E-state index in [0.717, 1.165) is 25.8 Å². The molecule has 0 aromatic carbocycles. The van der Waals surface area contributed by atoms with Crippen LogP contribution >= 0.6 is 0 Å². The van der Waals surface area contributed by atoms with E-state index in [9.17, 15) is 4.79 Å². The van der Waals surface area contributed by atoms with Crippen molar-refractivity contribution in [2.45, 2.75) is 70.3 Å². The molecule has 104 valence electrons. The zero-order valence-corrected chi connectivity index (χ0v) is 11.5. The van der Waals surface area contributed by atoms with Gasteiger partial charge < -0.3 is 11.1 Å². The third-order valence-electron chi connectivity index (χ3n) is 4.77. The van der Waals surface area contributed by atoms with Gasteiger partial charge in [-0.2, -0.15) is 0 Å². The summed E-state index contributed by atoms with van der Waals surface area (Å²) in [5.41, 5.74) is 5.77. The molecule has 2 unspecified atom stereocenters. The lowest BCUT2D eigenvalue weighted by Crippen LogP contribution is -2.42. The molecule has 3 nitrogen and oxygen atoms in total. The van der Waals surface area contributed by atoms with Crippen LogP contribution in [0.4, 0.5) is 0 Å². The molecule has 2 saturated carbocycles. The number of hydrogen-bond donors (Lipinski definition) is 2. The Morgan fingerprint density at radius 2 is 1.61 bits per heavy atom. The van der Waals surface area contributed by atoms with Gasteiger partial charge in [-0.3, -0.25) is 4.79 Å². The number of rotatable bonds is 3. The van der Waals surface area contributed by atoms with Gasteiger partial charge in [0, 0.05) is 12.0 Å². The van der Waals surface area contributed by atoms with E-state index in [1.165, 1.54) is 44.9 Å². The molecule has 0 bridgehead atoms. The minimum atomic E-state index is 0.268. The third kappa shape index (κ3) is 3.71. The minimum absolute atomic E-state index is 0.268. The molecule has 0 saturated heterocycles. The van der Waals surface area contributed by atoms with Crippen LogP contribution in [0.1, 0.15) is 64.2 Å². The van der Waals surface area contributed by atoms with Gasteiger partial charge in [0.25, 0.3) is 0 Å². The van der Waals surface area contributed by atoms with Gasteiger partial charge >= 0.3 is 0 Å². The summed E-state index contributed by atoms with van der Waals surface area (Å²) in [5.74, 6) is 1.09. The summed E-state index contributed by atoms with van der Waals surface area (Å²) in [6.07, 6.45) is 12.1. The molecular weight excluding hydrogens is 224 g/mol. The largest absolute Gasteiger partial charge is 0.353 e. The minimum Gasteiger partial charge on any atom is -0.353 e. The Hall–Kier alpha value is -0.570. The molecular formula is C15H28N2O. The fourth-order valence-corrected chi connectivity index (χ4v) is 3.53. The van der Waals surface area contributed by atoms with E-state index in [1.807, 2.05) is 0 Å². The predicted molar refractivity (Wildman–Crippen MR) is 74.1 cm³/mol. The van der Waals surface area contributed by atoms with Crippen LogP contribution in [0.15, 0.2) is 0 Å². The van der Waals surface area contributed by atoms with Crippen LogP contribution in [0.2, 0.25) is 0 Å². The molecule has 0 aromatic rings. The van der Waals surface area contributed by atoms with Gasteiger partial charge in [-0.05, 0) is 38.1 Å². The first-order chi connectivity index (χ1) is 8.81. The van der Waals surface area contributed by atoms with Crippen LogP contribution in [0.25, 0.3) is 0 Å². The van der Waals surface area contributed by atoms with Gasteiger partial charge in [0.1, 0.15) is 0 Å². The summed E-state index contributed by atoms with van der Waals surface area (Å²) < 4.78 is 0. The van der Waals surface area contributed by atoms with Crippen molar-refractivity contribution >= 4 is 5.91 Å². The Bertz CT molecular complexity index is 259. The predicted octanol–water partition coefficient (Wildman–Crippen LogP) is 2.59. The SMILES string of the molecule is NCC1CCCC1NC(=O)C1CCCCCCC1. The van der Waals surface area contributed by atoms with E-state index in [1.54, 1.807) is 0 Å². The Kier molecular flexibility index (Phi) is 5.48. The lowest BCUT2D eigenvalue weighted by molar-refractivity contribution is -0.126. The molecule has 2 aliphatic carbocycles. The molecule has 2 fully saturated rings. The molecule has 2 aliphatic rings. The van der Waals surface area contributed by atoms with E-state index < -0.39 is 0 Å². The van der Waals surface area contributed by atoms with Crippen LogP contribution in [0, 0.1) is 11.8 Å². The average molecular weight is 252 g/mol. The highest BCUT2D eigenvalue weighted by atomic mass is 16.1. The van der Waals surface area contributed by atoms with Gasteiger partial charge in [-0.15, -0.1) is 0 Å². The Labute approximate surface area is 111 Å². The second kappa shape index (κ2) is 7.13. The molecule has 0 aromatic heterocycles. The fraction of sp³-hybridized carbons (Fsp3) is 0.933. The van der Waals surface area contributed by atoms with E-state index in [-0.39, 0.29) is 5.92 Å². The van der Waals surface area contributed by atoms with E-state index in [2.05, 4.69) is 5.32 Å². The van der Waals surface area contributed by atoms with Gasteiger partial charge in [0.15, 0.2) is 0 Å². The maximum atomic E-state index is 12.3. The van der Waals surface area contributed by atoms with Gasteiger partial charge in [0.05, 0.1) is 0 Å². The van der Waals surface area contributed by atoms with Crippen molar-refractivity contribution in [2.75, 3.05) is 6.54 Å². The standard InChI is InChI=1S/C15H28N2O/c16-11-13-9-6-10-14(13)17-15(18)12-7-4-2-1-3-5-8-12/h12-14H,1-11,16H2,(H,17,18). The van der Waals surface area contributed by atoms with E-state index >= 15 is 0 Å². The van der Waals surface area contributed by atoms with Crippen LogP contribution in [0.3, 0.4) is 0 Å². The van der Waals surface area contributed by atoms with Crippen molar-refractivity contribution in [3.05, 3.63) is 0 Å². The normalized spacial score (nSPS) is 30.7. The Balaban J connectivity index is 1.82. The molecule has 3 N–H and O–H groups in total. The highest BCUT2D eigenvalue weighted by molar-refractivity contribution is 5.79. The van der Waals surface area contributed by atoms with Gasteiger partial charge in [-0.25, -0.2) is 0 Å². The van der Waals surface area contributed by atoms with Crippen LogP contribution < -0.4 is 11.1 Å². The summed E-state index contributed by atoms with van der Waals surface area (Å²) in [7, 11) is 0. The molecule has 1 amide bonds. The zero-order chi connectivity index (χ0) is 12.8. The molecule has 0 aliphatic heterocycles. The van der Waals surface area contributed by atoms with Crippen molar-refractivity contribution in [2.24, 2.45) is 17.6 Å². The molecule has 3 heteroatoms. The average Bonchev–Trinajstić information content (AvgIpc) is 2.75. The number of nitrogens with two attached hydrogens (primary N) is 1. The molecule has 0 spiro atoms. The van der Waals surface area contributed by atoms with Crippen molar-refractivity contribution < 1.29 is 4.79 Å². The van der Waals surface area contributed by atoms with Gasteiger partial charge in [0.2, 0.25) is 5.91 Å². The first-order valence-electron chi connectivity index (χ1n) is 7.81. The van der Waals surface area contributed by atoms with Crippen LogP contribution in [-0.2, 0) is 4.79 Å². The molecule has 2 atom stereocenters. The smallest absolute Gasteiger partial charge is 0.223 e. The molecule has 0 heterocycles. The lowest BCUT2D eigenvalue weighted by Gasteiger charge is -2.24. The number of amides is 1. The lowest BCUT2D eigenvalue weighted by atomic mass is 9.90. The quantitative estimate of drug-likeness (QED) is 0.811. The second-order valence-electron chi connectivity index (χ2n) is 6.08. The number of hydrogen-bond acceptors (Lipinski definition) is 2. The second-order valence-corrected chi connectivity index (χ2v) is 6.08. The van der Waals surface area contributed by atoms with Crippen molar-refractivity contribution in [1.29, 1.82) is 0 Å². The third-order valence-corrected chi connectivity index (χ3v) is 4.77. The summed E-state index contributed by atoms with van der Waals surface area (Å²) in [5, 5.41) is 3.28. The van der Waals surface area contributed by atoms with Crippen molar-refractivity contribution in [3.63, 3.8) is 0 Å². The van der Waals surface area contributed by atoms with Crippen molar-refractivity contribution in [3.8, 4) is 0 Å². The summed E-state index contributed by atoms with van der Waals surface area (Å²) in [6, 6.07) is 0.355. The van der Waals surface area contributed by atoms with Gasteiger partial charge in [-0.1, -0.05) is 38.5 Å². The summed E-state index contributed by atoms with van der Waals surface area (Å²) in [6.45, 7) is 0.718. The van der Waals surface area contributed by atoms with Crippen LogP contribution in [-0.4, -0.2) is 18.5 Å². The topological polar surface area (TPSA) is 55.1 Å². The maximum Gasteiger partial charge on any atom is 0.223 e. The highest BCUT2D eigenvalue weighted by Gasteiger charge is 2.29. The maximum absolute atomic E-state index is 12.3. The summed E-state index contributed by atoms with van der Waals surface area (Å²) >= 11 is 0. The first-order valence-corrected chi connectivity index (χ1v) is 7.81. The van der Waals surface area contributed by atoms with Crippen molar-refractivity contribution in [1.82, 2.24) is 5.32 Å². The molecule has 0 radical (unpaired) electrons. The van der Waals surface area contributed by atoms with E-state index in [0.29, 0.717) is 17.9 Å². The van der Waals surface area contributed by atoms with Crippen LogP contribution in [0.5, 0.6) is 0 Å². The Morgan fingerprint density at radius 1 is 0.944 bits per heavy atom. The first kappa shape index (κ1) is 13.9. The number of nitrogens with one attached hydrogen (secondary N) is 1. The molecule has 18 heavy (non-hydrogen) atoms. The number of carbonyl (C=O) groups excluding carboxylic acids is 1. The van der Waals surface area contributed by atoms with E-state index in [4.69, 9.17) is 5.73 Å².